The van der Waals surface area contributed by atoms with Gasteiger partial charge in [0.25, 0.3) is 0 Å². The SMILES string of the molecule is CCCCc1nocc1C#N. The molecule has 3 nitrogen and oxygen atoms in total. The lowest BCUT2D eigenvalue weighted by molar-refractivity contribution is 0.410. The van der Waals surface area contributed by atoms with Crippen LogP contribution in [0.1, 0.15) is 31.0 Å². The summed E-state index contributed by atoms with van der Waals surface area (Å²) in [6.45, 7) is 2.10. The van der Waals surface area contributed by atoms with Gasteiger partial charge in [-0.15, -0.1) is 0 Å². The average molecular weight is 150 g/mol. The Morgan fingerprint density at radius 1 is 1.73 bits per heavy atom. The maximum absolute atomic E-state index is 8.56. The molecule has 0 N–H and O–H groups in total. The van der Waals surface area contributed by atoms with Gasteiger partial charge in [0.1, 0.15) is 23.6 Å². The summed E-state index contributed by atoms with van der Waals surface area (Å²) in [6, 6.07) is 2.03. The van der Waals surface area contributed by atoms with E-state index >= 15 is 0 Å². The van der Waals surface area contributed by atoms with Crippen LogP contribution in [0.3, 0.4) is 0 Å². The molecule has 58 valence electrons. The molecular formula is C8H10N2O. The van der Waals surface area contributed by atoms with E-state index in [0.717, 1.165) is 25.0 Å². The number of aromatic nitrogens is 1. The van der Waals surface area contributed by atoms with E-state index in [1.807, 2.05) is 6.07 Å². The number of aryl methyl sites for hydroxylation is 1. The first-order valence-electron chi connectivity index (χ1n) is 3.71. The van der Waals surface area contributed by atoms with Gasteiger partial charge in [-0.2, -0.15) is 5.26 Å². The fourth-order valence-electron chi connectivity index (χ4n) is 0.875. The van der Waals surface area contributed by atoms with Gasteiger partial charge in [0, 0.05) is 0 Å². The van der Waals surface area contributed by atoms with Crippen molar-refractivity contribution in [1.82, 2.24) is 5.16 Å². The lowest BCUT2D eigenvalue weighted by Crippen LogP contribution is -1.87. The van der Waals surface area contributed by atoms with Crippen molar-refractivity contribution in [3.05, 3.63) is 17.5 Å². The fourth-order valence-corrected chi connectivity index (χ4v) is 0.875. The highest BCUT2D eigenvalue weighted by molar-refractivity contribution is 5.28. The molecule has 1 heterocycles. The molecule has 0 atom stereocenters. The van der Waals surface area contributed by atoms with Gasteiger partial charge in [-0.05, 0) is 12.8 Å². The highest BCUT2D eigenvalue weighted by atomic mass is 16.5. The first-order valence-corrected chi connectivity index (χ1v) is 3.71. The van der Waals surface area contributed by atoms with Crippen LogP contribution in [0.5, 0.6) is 0 Å². The molecule has 0 radical (unpaired) electrons. The van der Waals surface area contributed by atoms with Crippen LogP contribution in [0, 0.1) is 11.3 Å². The van der Waals surface area contributed by atoms with Gasteiger partial charge in [0.2, 0.25) is 0 Å². The Hall–Kier alpha value is -1.30. The van der Waals surface area contributed by atoms with E-state index in [2.05, 4.69) is 16.6 Å². The maximum Gasteiger partial charge on any atom is 0.141 e. The fraction of sp³-hybridized carbons (Fsp3) is 0.500. The number of hydrogen-bond acceptors (Lipinski definition) is 3. The van der Waals surface area contributed by atoms with Crippen LogP contribution in [0.25, 0.3) is 0 Å². The summed E-state index contributed by atoms with van der Waals surface area (Å²) in [6.07, 6.45) is 4.40. The summed E-state index contributed by atoms with van der Waals surface area (Å²) in [4.78, 5) is 0. The summed E-state index contributed by atoms with van der Waals surface area (Å²) in [5.74, 6) is 0. The molecule has 0 aromatic carbocycles. The second-order valence-corrected chi connectivity index (χ2v) is 2.39. The number of unbranched alkanes of at least 4 members (excludes halogenated alkanes) is 1. The Bertz CT molecular complexity index is 259. The molecule has 3 heteroatoms. The normalized spacial score (nSPS) is 9.45. The molecule has 0 saturated heterocycles. The van der Waals surface area contributed by atoms with Crippen molar-refractivity contribution in [2.75, 3.05) is 0 Å². The topological polar surface area (TPSA) is 49.8 Å². The molecule has 0 spiro atoms. The van der Waals surface area contributed by atoms with Gasteiger partial charge in [-0.3, -0.25) is 0 Å². The number of hydrogen-bond donors (Lipinski definition) is 0. The molecule has 1 rings (SSSR count). The number of rotatable bonds is 3. The molecule has 0 aliphatic heterocycles. The molecule has 0 unspecified atom stereocenters. The van der Waals surface area contributed by atoms with Crippen LogP contribution in [-0.4, -0.2) is 5.16 Å². The zero-order chi connectivity index (χ0) is 8.10. The first kappa shape index (κ1) is 7.80. The van der Waals surface area contributed by atoms with Crippen LogP contribution in [-0.2, 0) is 6.42 Å². The Kier molecular flexibility index (Phi) is 2.67. The van der Waals surface area contributed by atoms with Crippen LogP contribution in [0.2, 0.25) is 0 Å². The zero-order valence-corrected chi connectivity index (χ0v) is 6.50. The monoisotopic (exact) mass is 150 g/mol. The summed E-state index contributed by atoms with van der Waals surface area (Å²) in [5.41, 5.74) is 1.35. The third kappa shape index (κ3) is 1.81. The van der Waals surface area contributed by atoms with E-state index in [0.29, 0.717) is 5.56 Å². The first-order chi connectivity index (χ1) is 5.38. The molecule has 11 heavy (non-hydrogen) atoms. The average Bonchev–Trinajstić information content (AvgIpc) is 2.47. The predicted molar refractivity (Wildman–Crippen MR) is 39.8 cm³/mol. The summed E-state index contributed by atoms with van der Waals surface area (Å²) >= 11 is 0. The zero-order valence-electron chi connectivity index (χ0n) is 6.50. The van der Waals surface area contributed by atoms with Crippen molar-refractivity contribution in [2.45, 2.75) is 26.2 Å². The standard InChI is InChI=1S/C8H10N2O/c1-2-3-4-8-7(5-9)6-11-10-8/h6H,2-4H2,1H3. The molecule has 0 aliphatic carbocycles. The Morgan fingerprint density at radius 2 is 2.55 bits per heavy atom. The van der Waals surface area contributed by atoms with Gasteiger partial charge in [0.05, 0.1) is 0 Å². The summed E-state index contributed by atoms with van der Waals surface area (Å²) in [5, 5.41) is 12.3. The lowest BCUT2D eigenvalue weighted by atomic mass is 10.1. The van der Waals surface area contributed by atoms with Crippen LogP contribution < -0.4 is 0 Å². The van der Waals surface area contributed by atoms with E-state index in [9.17, 15) is 0 Å². The third-order valence-corrected chi connectivity index (χ3v) is 1.53. The predicted octanol–water partition coefficient (Wildman–Crippen LogP) is 1.89. The van der Waals surface area contributed by atoms with Gasteiger partial charge in [0.15, 0.2) is 0 Å². The van der Waals surface area contributed by atoms with E-state index in [1.165, 1.54) is 6.26 Å². The van der Waals surface area contributed by atoms with Gasteiger partial charge in [-0.1, -0.05) is 18.5 Å². The molecule has 0 saturated carbocycles. The van der Waals surface area contributed by atoms with Crippen molar-refractivity contribution in [2.24, 2.45) is 0 Å². The summed E-state index contributed by atoms with van der Waals surface area (Å²) in [7, 11) is 0. The van der Waals surface area contributed by atoms with E-state index in [4.69, 9.17) is 5.26 Å². The van der Waals surface area contributed by atoms with Gasteiger partial charge in [-0.25, -0.2) is 0 Å². The lowest BCUT2D eigenvalue weighted by Gasteiger charge is -1.90. The molecule has 0 amide bonds. The molecule has 1 aromatic heterocycles. The van der Waals surface area contributed by atoms with Crippen molar-refractivity contribution in [1.29, 1.82) is 5.26 Å². The van der Waals surface area contributed by atoms with Crippen molar-refractivity contribution >= 4 is 0 Å². The minimum atomic E-state index is 0.568. The maximum atomic E-state index is 8.56. The Morgan fingerprint density at radius 3 is 3.18 bits per heavy atom. The molecule has 1 aromatic rings. The van der Waals surface area contributed by atoms with Gasteiger partial charge >= 0.3 is 0 Å². The minimum absolute atomic E-state index is 0.568. The largest absolute Gasteiger partial charge is 0.363 e. The molecule has 0 aliphatic rings. The van der Waals surface area contributed by atoms with Gasteiger partial charge < -0.3 is 4.52 Å². The van der Waals surface area contributed by atoms with Crippen LogP contribution in [0.4, 0.5) is 0 Å². The van der Waals surface area contributed by atoms with Crippen molar-refractivity contribution in [3.63, 3.8) is 0 Å². The second-order valence-electron chi connectivity index (χ2n) is 2.39. The van der Waals surface area contributed by atoms with Crippen LogP contribution >= 0.6 is 0 Å². The highest BCUT2D eigenvalue weighted by Gasteiger charge is 2.04. The second kappa shape index (κ2) is 3.77. The quantitative estimate of drug-likeness (QED) is 0.661. The van der Waals surface area contributed by atoms with Crippen molar-refractivity contribution in [3.8, 4) is 6.07 Å². The van der Waals surface area contributed by atoms with E-state index in [1.54, 1.807) is 0 Å². The number of nitriles is 1. The molecular weight excluding hydrogens is 140 g/mol. The van der Waals surface area contributed by atoms with E-state index in [-0.39, 0.29) is 0 Å². The third-order valence-electron chi connectivity index (χ3n) is 1.53. The van der Waals surface area contributed by atoms with Crippen LogP contribution in [0.15, 0.2) is 10.8 Å². The van der Waals surface area contributed by atoms with Crippen molar-refractivity contribution < 1.29 is 4.52 Å². The smallest absolute Gasteiger partial charge is 0.141 e. The highest BCUT2D eigenvalue weighted by Crippen LogP contribution is 2.08. The Balaban J connectivity index is 2.63. The molecule has 0 fully saturated rings. The summed E-state index contributed by atoms with van der Waals surface area (Å²) < 4.78 is 4.66. The molecule has 0 bridgehead atoms. The number of nitrogens with zero attached hydrogens (tertiary/aromatic N) is 2. The van der Waals surface area contributed by atoms with E-state index < -0.39 is 0 Å². The minimum Gasteiger partial charge on any atom is -0.363 e. The Labute approximate surface area is 65.6 Å².